The number of benzene rings is 1. The molecule has 0 amide bonds. The predicted octanol–water partition coefficient (Wildman–Crippen LogP) is 1.53. The van der Waals surface area contributed by atoms with E-state index in [9.17, 15) is 14.6 Å². The van der Waals surface area contributed by atoms with Crippen LogP contribution in [0.25, 0.3) is 0 Å². The summed E-state index contributed by atoms with van der Waals surface area (Å²) in [6, 6.07) is 4.03. The van der Waals surface area contributed by atoms with E-state index >= 15 is 0 Å². The first-order valence-corrected chi connectivity index (χ1v) is 4.91. The van der Waals surface area contributed by atoms with Gasteiger partial charge in [0.25, 0.3) is 0 Å². The van der Waals surface area contributed by atoms with Gasteiger partial charge < -0.3 is 14.9 Å². The predicted molar refractivity (Wildman–Crippen MR) is 52.0 cm³/mol. The normalized spacial score (nSPS) is 20.1. The second-order valence-corrected chi connectivity index (χ2v) is 3.78. The Hall–Kier alpha value is -1.13. The van der Waals surface area contributed by atoms with Crippen molar-refractivity contribution in [2.45, 2.75) is 18.4 Å². The maximum absolute atomic E-state index is 13.5. The highest BCUT2D eigenvalue weighted by Gasteiger charge is 2.36. The van der Waals surface area contributed by atoms with Gasteiger partial charge in [-0.3, -0.25) is 0 Å². The molecule has 0 saturated carbocycles. The minimum absolute atomic E-state index is 0.00620. The number of rotatable bonds is 1. The van der Waals surface area contributed by atoms with E-state index in [2.05, 4.69) is 0 Å². The number of aromatic hydroxyl groups is 1. The molecule has 4 heteroatoms. The topological polar surface area (TPSA) is 49.7 Å². The van der Waals surface area contributed by atoms with Gasteiger partial charge in [-0.2, -0.15) is 0 Å². The highest BCUT2D eigenvalue weighted by molar-refractivity contribution is 5.38. The minimum Gasteiger partial charge on any atom is -0.507 e. The van der Waals surface area contributed by atoms with Crippen molar-refractivity contribution < 1.29 is 19.3 Å². The van der Waals surface area contributed by atoms with E-state index in [0.29, 0.717) is 26.1 Å². The molecule has 1 aromatic rings. The number of ether oxygens (including phenoxy) is 1. The van der Waals surface area contributed by atoms with Crippen molar-refractivity contribution in [2.24, 2.45) is 0 Å². The summed E-state index contributed by atoms with van der Waals surface area (Å²) >= 11 is 0. The Kier molecular flexibility index (Phi) is 2.63. The summed E-state index contributed by atoms with van der Waals surface area (Å²) in [7, 11) is 0. The van der Waals surface area contributed by atoms with Crippen molar-refractivity contribution in [3.05, 3.63) is 29.6 Å². The Morgan fingerprint density at radius 2 is 1.93 bits per heavy atom. The standard InChI is InChI=1S/C11H13FO3/c12-8-2-1-3-9(13)10(8)11(14)4-6-15-7-5-11/h1-3,13-14H,4-7H2. The largest absolute Gasteiger partial charge is 0.507 e. The molecule has 0 unspecified atom stereocenters. The molecule has 0 bridgehead atoms. The van der Waals surface area contributed by atoms with Gasteiger partial charge >= 0.3 is 0 Å². The summed E-state index contributed by atoms with van der Waals surface area (Å²) in [6.45, 7) is 0.758. The van der Waals surface area contributed by atoms with Gasteiger partial charge in [-0.1, -0.05) is 6.07 Å². The monoisotopic (exact) mass is 212 g/mol. The Morgan fingerprint density at radius 1 is 1.27 bits per heavy atom. The Labute approximate surface area is 87.1 Å². The molecule has 3 nitrogen and oxygen atoms in total. The maximum atomic E-state index is 13.5. The summed E-state index contributed by atoms with van der Waals surface area (Å²) < 4.78 is 18.6. The van der Waals surface area contributed by atoms with Crippen LogP contribution in [-0.4, -0.2) is 23.4 Å². The van der Waals surface area contributed by atoms with Gasteiger partial charge in [0, 0.05) is 26.1 Å². The van der Waals surface area contributed by atoms with Gasteiger partial charge in [0.1, 0.15) is 17.2 Å². The van der Waals surface area contributed by atoms with Crippen LogP contribution < -0.4 is 0 Å². The van der Waals surface area contributed by atoms with Crippen LogP contribution in [0, 0.1) is 5.82 Å². The third-order valence-corrected chi connectivity index (χ3v) is 2.78. The summed E-state index contributed by atoms with van der Waals surface area (Å²) in [5, 5.41) is 19.8. The molecule has 1 aliphatic heterocycles. The Morgan fingerprint density at radius 3 is 2.53 bits per heavy atom. The van der Waals surface area contributed by atoms with Crippen molar-refractivity contribution in [3.8, 4) is 5.75 Å². The van der Waals surface area contributed by atoms with Crippen LogP contribution in [0.3, 0.4) is 0 Å². The van der Waals surface area contributed by atoms with Gasteiger partial charge in [0.15, 0.2) is 0 Å². The lowest BCUT2D eigenvalue weighted by atomic mass is 9.85. The molecule has 15 heavy (non-hydrogen) atoms. The van der Waals surface area contributed by atoms with Crippen LogP contribution in [-0.2, 0) is 10.3 Å². The summed E-state index contributed by atoms with van der Waals surface area (Å²) in [6.07, 6.45) is 0.614. The van der Waals surface area contributed by atoms with Crippen LogP contribution in [0.15, 0.2) is 18.2 Å². The average Bonchev–Trinajstić information content (AvgIpc) is 2.18. The van der Waals surface area contributed by atoms with Crippen LogP contribution in [0.5, 0.6) is 5.75 Å². The zero-order valence-electron chi connectivity index (χ0n) is 8.24. The molecular formula is C11H13FO3. The molecule has 2 rings (SSSR count). The summed E-state index contributed by atoms with van der Waals surface area (Å²) in [5.74, 6) is -0.765. The van der Waals surface area contributed by atoms with E-state index in [-0.39, 0.29) is 11.3 Å². The van der Waals surface area contributed by atoms with Crippen LogP contribution in [0.2, 0.25) is 0 Å². The first kappa shape index (κ1) is 10.4. The average molecular weight is 212 g/mol. The number of hydrogen-bond acceptors (Lipinski definition) is 3. The molecule has 1 aromatic carbocycles. The number of phenolic OH excluding ortho intramolecular Hbond substituents is 1. The lowest BCUT2D eigenvalue weighted by Gasteiger charge is -2.33. The molecule has 0 spiro atoms. The van der Waals surface area contributed by atoms with Crippen molar-refractivity contribution in [1.29, 1.82) is 0 Å². The lowest BCUT2D eigenvalue weighted by molar-refractivity contribution is -0.0708. The molecule has 0 aliphatic carbocycles. The fourth-order valence-corrected chi connectivity index (χ4v) is 1.93. The van der Waals surface area contributed by atoms with Gasteiger partial charge in [0.2, 0.25) is 0 Å². The van der Waals surface area contributed by atoms with Crippen molar-refractivity contribution >= 4 is 0 Å². The molecule has 1 fully saturated rings. The fraction of sp³-hybridized carbons (Fsp3) is 0.455. The molecule has 0 radical (unpaired) electrons. The first-order chi connectivity index (χ1) is 7.13. The third-order valence-electron chi connectivity index (χ3n) is 2.78. The second kappa shape index (κ2) is 3.79. The Balaban J connectivity index is 2.42. The number of hydrogen-bond donors (Lipinski definition) is 2. The summed E-state index contributed by atoms with van der Waals surface area (Å²) in [5.41, 5.74) is -1.30. The number of halogens is 1. The number of aliphatic hydroxyl groups is 1. The molecule has 2 N–H and O–H groups in total. The Bertz CT molecular complexity index is 339. The fourth-order valence-electron chi connectivity index (χ4n) is 1.93. The van der Waals surface area contributed by atoms with E-state index in [0.717, 1.165) is 0 Å². The van der Waals surface area contributed by atoms with Gasteiger partial charge in [-0.05, 0) is 12.1 Å². The zero-order valence-corrected chi connectivity index (χ0v) is 8.24. The minimum atomic E-state index is -1.30. The molecular weight excluding hydrogens is 199 g/mol. The third kappa shape index (κ3) is 1.82. The highest BCUT2D eigenvalue weighted by Crippen LogP contribution is 2.38. The molecule has 1 heterocycles. The molecule has 0 atom stereocenters. The SMILES string of the molecule is Oc1cccc(F)c1C1(O)CCOCC1. The smallest absolute Gasteiger partial charge is 0.133 e. The van der Waals surface area contributed by atoms with E-state index < -0.39 is 11.4 Å². The van der Waals surface area contributed by atoms with Crippen molar-refractivity contribution in [1.82, 2.24) is 0 Å². The maximum Gasteiger partial charge on any atom is 0.133 e. The van der Waals surface area contributed by atoms with Crippen LogP contribution in [0.4, 0.5) is 4.39 Å². The van der Waals surface area contributed by atoms with E-state index in [1.165, 1.54) is 18.2 Å². The number of phenols is 1. The second-order valence-electron chi connectivity index (χ2n) is 3.78. The summed E-state index contributed by atoms with van der Waals surface area (Å²) in [4.78, 5) is 0. The quantitative estimate of drug-likeness (QED) is 0.742. The molecule has 1 aliphatic rings. The highest BCUT2D eigenvalue weighted by atomic mass is 19.1. The lowest BCUT2D eigenvalue weighted by Crippen LogP contribution is -2.34. The van der Waals surface area contributed by atoms with Gasteiger partial charge in [0.05, 0.1) is 5.56 Å². The van der Waals surface area contributed by atoms with E-state index in [4.69, 9.17) is 4.74 Å². The van der Waals surface area contributed by atoms with Gasteiger partial charge in [-0.15, -0.1) is 0 Å². The molecule has 0 aromatic heterocycles. The van der Waals surface area contributed by atoms with Crippen LogP contribution in [0.1, 0.15) is 18.4 Å². The van der Waals surface area contributed by atoms with Crippen molar-refractivity contribution in [3.63, 3.8) is 0 Å². The zero-order chi connectivity index (χ0) is 10.9. The van der Waals surface area contributed by atoms with Crippen molar-refractivity contribution in [2.75, 3.05) is 13.2 Å². The first-order valence-electron chi connectivity index (χ1n) is 4.91. The van der Waals surface area contributed by atoms with Gasteiger partial charge in [-0.25, -0.2) is 4.39 Å². The molecule has 82 valence electrons. The van der Waals surface area contributed by atoms with E-state index in [1.54, 1.807) is 0 Å². The van der Waals surface area contributed by atoms with Crippen LogP contribution >= 0.6 is 0 Å². The molecule has 1 saturated heterocycles. The van der Waals surface area contributed by atoms with E-state index in [1.807, 2.05) is 0 Å².